The van der Waals surface area contributed by atoms with Crippen molar-refractivity contribution in [2.45, 2.75) is 45.1 Å². The second-order valence-electron chi connectivity index (χ2n) is 7.86. The zero-order valence-electron chi connectivity index (χ0n) is 17.1. The minimum Gasteiger partial charge on any atom is -0.493 e. The minimum atomic E-state index is -0.479. The van der Waals surface area contributed by atoms with Gasteiger partial charge in [-0.3, -0.25) is 5.10 Å². The van der Waals surface area contributed by atoms with Gasteiger partial charge in [-0.1, -0.05) is 0 Å². The van der Waals surface area contributed by atoms with Gasteiger partial charge in [0.15, 0.2) is 17.3 Å². The fourth-order valence-corrected chi connectivity index (χ4v) is 3.22. The molecule has 8 heteroatoms. The molecule has 1 aromatic carbocycles. The Morgan fingerprint density at radius 3 is 2.43 bits per heavy atom. The number of nitrogens with zero attached hydrogens (tertiary/aromatic N) is 3. The molecule has 0 radical (unpaired) electrons. The van der Waals surface area contributed by atoms with Crippen molar-refractivity contribution in [3.05, 3.63) is 24.0 Å². The maximum Gasteiger partial charge on any atom is 0.410 e. The van der Waals surface area contributed by atoms with Gasteiger partial charge in [-0.25, -0.2) is 9.78 Å². The molecule has 1 amide bonds. The lowest BCUT2D eigenvalue weighted by molar-refractivity contribution is 0.0203. The van der Waals surface area contributed by atoms with E-state index in [2.05, 4.69) is 15.2 Å². The summed E-state index contributed by atoms with van der Waals surface area (Å²) in [5.41, 5.74) is 0.374. The number of hydrogen-bond acceptors (Lipinski definition) is 6. The van der Waals surface area contributed by atoms with Crippen LogP contribution < -0.4 is 9.47 Å². The lowest BCUT2D eigenvalue weighted by Gasteiger charge is -2.32. The van der Waals surface area contributed by atoms with E-state index in [1.54, 1.807) is 19.1 Å². The highest BCUT2D eigenvalue weighted by Gasteiger charge is 2.29. The van der Waals surface area contributed by atoms with Crippen LogP contribution in [0.4, 0.5) is 4.79 Å². The highest BCUT2D eigenvalue weighted by atomic mass is 16.6. The predicted octanol–water partition coefficient (Wildman–Crippen LogP) is 3.60. The Morgan fingerprint density at radius 1 is 1.14 bits per heavy atom. The van der Waals surface area contributed by atoms with Gasteiger partial charge in [-0.2, -0.15) is 5.10 Å². The molecule has 0 unspecified atom stereocenters. The van der Waals surface area contributed by atoms with Crippen LogP contribution in [0.2, 0.25) is 0 Å². The standard InChI is InChI=1S/C20H28N4O4/c1-20(2,3)28-19(25)24-10-8-13(9-11-24)17-21-18(23-22-17)14-6-7-15(26-4)16(12-14)27-5/h6-7,12-13H,8-11H2,1-5H3,(H,21,22,23). The van der Waals surface area contributed by atoms with Crippen LogP contribution in [0.15, 0.2) is 18.2 Å². The van der Waals surface area contributed by atoms with Crippen LogP contribution in [0.1, 0.15) is 45.4 Å². The van der Waals surface area contributed by atoms with Crippen molar-refractivity contribution in [2.24, 2.45) is 0 Å². The summed E-state index contributed by atoms with van der Waals surface area (Å²) in [6.07, 6.45) is 1.38. The van der Waals surface area contributed by atoms with Gasteiger partial charge in [0.2, 0.25) is 0 Å². The van der Waals surface area contributed by atoms with Crippen molar-refractivity contribution in [2.75, 3.05) is 27.3 Å². The van der Waals surface area contributed by atoms with Crippen LogP contribution in [0.25, 0.3) is 11.4 Å². The van der Waals surface area contributed by atoms with Crippen molar-refractivity contribution in [3.63, 3.8) is 0 Å². The molecule has 8 nitrogen and oxygen atoms in total. The quantitative estimate of drug-likeness (QED) is 0.861. The molecule has 1 N–H and O–H groups in total. The second-order valence-corrected chi connectivity index (χ2v) is 7.86. The molecule has 1 aliphatic heterocycles. The summed E-state index contributed by atoms with van der Waals surface area (Å²) < 4.78 is 16.1. The highest BCUT2D eigenvalue weighted by Crippen LogP contribution is 2.32. The average Bonchev–Trinajstić information content (AvgIpc) is 3.16. The van der Waals surface area contributed by atoms with E-state index < -0.39 is 5.60 Å². The molecular formula is C20H28N4O4. The molecule has 0 bridgehead atoms. The van der Waals surface area contributed by atoms with E-state index in [-0.39, 0.29) is 12.0 Å². The maximum atomic E-state index is 12.2. The molecule has 1 fully saturated rings. The van der Waals surface area contributed by atoms with Gasteiger partial charge < -0.3 is 19.1 Å². The molecule has 1 saturated heterocycles. The maximum absolute atomic E-state index is 12.2. The topological polar surface area (TPSA) is 89.6 Å². The number of hydrogen-bond donors (Lipinski definition) is 1. The van der Waals surface area contributed by atoms with Crippen LogP contribution in [-0.4, -0.2) is 59.1 Å². The molecular weight excluding hydrogens is 360 g/mol. The van der Waals surface area contributed by atoms with Crippen LogP contribution in [0, 0.1) is 0 Å². The van der Waals surface area contributed by atoms with Gasteiger partial charge >= 0.3 is 6.09 Å². The first-order valence-corrected chi connectivity index (χ1v) is 9.43. The Kier molecular flexibility index (Phi) is 5.76. The largest absolute Gasteiger partial charge is 0.493 e. The molecule has 1 aromatic heterocycles. The Balaban J connectivity index is 1.65. The molecule has 1 aliphatic rings. The van der Waals surface area contributed by atoms with Gasteiger partial charge in [-0.05, 0) is 51.8 Å². The van der Waals surface area contributed by atoms with Crippen LogP contribution in [-0.2, 0) is 4.74 Å². The number of benzene rings is 1. The van der Waals surface area contributed by atoms with E-state index in [0.717, 1.165) is 24.2 Å². The fraction of sp³-hybridized carbons (Fsp3) is 0.550. The number of piperidine rings is 1. The lowest BCUT2D eigenvalue weighted by Crippen LogP contribution is -2.41. The molecule has 152 valence electrons. The zero-order valence-corrected chi connectivity index (χ0v) is 17.1. The monoisotopic (exact) mass is 388 g/mol. The number of likely N-dealkylation sites (tertiary alicyclic amines) is 1. The van der Waals surface area contributed by atoms with E-state index in [0.29, 0.717) is 30.4 Å². The van der Waals surface area contributed by atoms with E-state index in [9.17, 15) is 4.79 Å². The molecule has 0 atom stereocenters. The van der Waals surface area contributed by atoms with E-state index in [4.69, 9.17) is 14.2 Å². The number of aromatic nitrogens is 3. The van der Waals surface area contributed by atoms with Crippen molar-refractivity contribution in [1.29, 1.82) is 0 Å². The predicted molar refractivity (Wildman–Crippen MR) is 105 cm³/mol. The van der Waals surface area contributed by atoms with Crippen LogP contribution in [0.3, 0.4) is 0 Å². The number of methoxy groups -OCH3 is 2. The number of nitrogens with one attached hydrogen (secondary N) is 1. The molecule has 0 aliphatic carbocycles. The lowest BCUT2D eigenvalue weighted by atomic mass is 9.96. The Bertz CT molecular complexity index is 820. The van der Waals surface area contributed by atoms with Gasteiger partial charge in [0.25, 0.3) is 0 Å². The van der Waals surface area contributed by atoms with E-state index in [1.807, 2.05) is 39.0 Å². The molecule has 3 rings (SSSR count). The summed E-state index contributed by atoms with van der Waals surface area (Å²) in [5, 5.41) is 7.41. The van der Waals surface area contributed by atoms with E-state index >= 15 is 0 Å². The van der Waals surface area contributed by atoms with E-state index in [1.165, 1.54) is 0 Å². The second kappa shape index (κ2) is 8.08. The summed E-state index contributed by atoms with van der Waals surface area (Å²) in [6.45, 7) is 6.92. The normalized spacial score (nSPS) is 15.4. The Hall–Kier alpha value is -2.77. The van der Waals surface area contributed by atoms with Crippen LogP contribution in [0.5, 0.6) is 11.5 Å². The summed E-state index contributed by atoms with van der Waals surface area (Å²) in [4.78, 5) is 18.6. The van der Waals surface area contributed by atoms with Crippen LogP contribution >= 0.6 is 0 Å². The summed E-state index contributed by atoms with van der Waals surface area (Å²) in [5.74, 6) is 2.99. The Labute approximate surface area is 165 Å². The summed E-state index contributed by atoms with van der Waals surface area (Å²) in [7, 11) is 3.20. The molecule has 0 spiro atoms. The van der Waals surface area contributed by atoms with Gasteiger partial charge in [0.1, 0.15) is 11.4 Å². The average molecular weight is 388 g/mol. The first kappa shape index (κ1) is 20.0. The SMILES string of the molecule is COc1ccc(-c2n[nH]c(C3CCN(C(=O)OC(C)(C)C)CC3)n2)cc1OC. The molecule has 2 heterocycles. The first-order valence-electron chi connectivity index (χ1n) is 9.43. The number of aromatic amines is 1. The number of carbonyl (C=O) groups excluding carboxylic acids is 1. The highest BCUT2D eigenvalue weighted by molar-refractivity contribution is 5.68. The summed E-state index contributed by atoms with van der Waals surface area (Å²) in [6, 6.07) is 5.60. The number of rotatable bonds is 4. The number of amides is 1. The first-order chi connectivity index (χ1) is 13.3. The fourth-order valence-electron chi connectivity index (χ4n) is 3.22. The van der Waals surface area contributed by atoms with Gasteiger partial charge in [0, 0.05) is 24.6 Å². The minimum absolute atomic E-state index is 0.236. The Morgan fingerprint density at radius 2 is 1.82 bits per heavy atom. The smallest absolute Gasteiger partial charge is 0.410 e. The molecule has 0 saturated carbocycles. The zero-order chi connectivity index (χ0) is 20.3. The van der Waals surface area contributed by atoms with Crippen molar-refractivity contribution < 1.29 is 19.0 Å². The van der Waals surface area contributed by atoms with Gasteiger partial charge in [0.05, 0.1) is 14.2 Å². The third-order valence-electron chi connectivity index (χ3n) is 4.68. The summed E-state index contributed by atoms with van der Waals surface area (Å²) >= 11 is 0. The number of carbonyl (C=O) groups is 1. The molecule has 28 heavy (non-hydrogen) atoms. The van der Waals surface area contributed by atoms with Crippen molar-refractivity contribution >= 4 is 6.09 Å². The van der Waals surface area contributed by atoms with Gasteiger partial charge in [-0.15, -0.1) is 0 Å². The third-order valence-corrected chi connectivity index (χ3v) is 4.68. The number of ether oxygens (including phenoxy) is 3. The third kappa shape index (κ3) is 4.55. The van der Waals surface area contributed by atoms with Crippen molar-refractivity contribution in [3.8, 4) is 22.9 Å². The van der Waals surface area contributed by atoms with Crippen molar-refractivity contribution in [1.82, 2.24) is 20.1 Å². The number of H-pyrrole nitrogens is 1. The molecule has 2 aromatic rings.